The summed E-state index contributed by atoms with van der Waals surface area (Å²) in [6.07, 6.45) is 1.44. The Morgan fingerprint density at radius 2 is 2.10 bits per heavy atom. The zero-order valence-electron chi connectivity index (χ0n) is 10.9. The van der Waals surface area contributed by atoms with Gasteiger partial charge < -0.3 is 0 Å². The van der Waals surface area contributed by atoms with Crippen molar-refractivity contribution in [3.8, 4) is 6.07 Å². The number of nitrogens with one attached hydrogen (secondary N) is 1. The number of nitriles is 1. The maximum Gasteiger partial charge on any atom is 0.258 e. The molecule has 0 fully saturated rings. The van der Waals surface area contributed by atoms with Gasteiger partial charge in [0.05, 0.1) is 18.5 Å². The number of nitrogens with zero attached hydrogens (tertiary/aromatic N) is 2. The van der Waals surface area contributed by atoms with Gasteiger partial charge >= 0.3 is 0 Å². The van der Waals surface area contributed by atoms with Gasteiger partial charge in [-0.25, -0.2) is 18.1 Å². The minimum absolute atomic E-state index is 0.0303. The summed E-state index contributed by atoms with van der Waals surface area (Å²) in [6.45, 7) is 0. The highest BCUT2D eigenvalue weighted by Gasteiger charge is 2.22. The van der Waals surface area contributed by atoms with Gasteiger partial charge in [-0.05, 0) is 29.8 Å². The molecule has 1 atom stereocenters. The van der Waals surface area contributed by atoms with Crippen molar-refractivity contribution in [2.24, 2.45) is 0 Å². The summed E-state index contributed by atoms with van der Waals surface area (Å²) in [5, 5.41) is 8.86. The van der Waals surface area contributed by atoms with E-state index in [9.17, 15) is 8.42 Å². The molecule has 0 saturated carbocycles. The van der Waals surface area contributed by atoms with Gasteiger partial charge in [0.15, 0.2) is 5.03 Å². The summed E-state index contributed by atoms with van der Waals surface area (Å²) in [5.41, 5.74) is 0.713. The van der Waals surface area contributed by atoms with Crippen LogP contribution >= 0.6 is 15.9 Å². The predicted molar refractivity (Wildman–Crippen MR) is 81.7 cm³/mol. The molecule has 5 nitrogen and oxygen atoms in total. The fourth-order valence-corrected chi connectivity index (χ4v) is 3.38. The van der Waals surface area contributed by atoms with Gasteiger partial charge in [-0.3, -0.25) is 0 Å². The summed E-state index contributed by atoms with van der Waals surface area (Å²) in [5.74, 6) is 0. The first-order valence-electron chi connectivity index (χ1n) is 6.09. The summed E-state index contributed by atoms with van der Waals surface area (Å²) in [6, 6.07) is 13.2. The van der Waals surface area contributed by atoms with Crippen LogP contribution in [0.1, 0.15) is 18.0 Å². The average Bonchev–Trinajstić information content (AvgIpc) is 2.47. The number of benzene rings is 1. The van der Waals surface area contributed by atoms with Crippen LogP contribution in [0.25, 0.3) is 0 Å². The van der Waals surface area contributed by atoms with E-state index in [2.05, 4.69) is 25.6 Å². The van der Waals surface area contributed by atoms with Crippen LogP contribution in [0.4, 0.5) is 0 Å². The van der Waals surface area contributed by atoms with Gasteiger partial charge in [0.25, 0.3) is 10.0 Å². The first-order chi connectivity index (χ1) is 10.0. The molecule has 0 unspecified atom stereocenters. The number of hydrogen-bond donors (Lipinski definition) is 1. The lowest BCUT2D eigenvalue weighted by atomic mass is 10.1. The number of rotatable bonds is 5. The van der Waals surface area contributed by atoms with E-state index in [4.69, 9.17) is 5.26 Å². The van der Waals surface area contributed by atoms with E-state index in [0.717, 1.165) is 4.47 Å². The fraction of sp³-hybridized carbons (Fsp3) is 0.143. The van der Waals surface area contributed by atoms with Gasteiger partial charge in [-0.1, -0.05) is 34.1 Å². The number of pyridine rings is 1. The van der Waals surface area contributed by atoms with Crippen LogP contribution < -0.4 is 4.72 Å². The number of sulfonamides is 1. The second-order valence-electron chi connectivity index (χ2n) is 4.26. The summed E-state index contributed by atoms with van der Waals surface area (Å²) < 4.78 is 27.9. The lowest BCUT2D eigenvalue weighted by molar-refractivity contribution is 0.555. The van der Waals surface area contributed by atoms with Crippen molar-refractivity contribution in [2.45, 2.75) is 17.5 Å². The van der Waals surface area contributed by atoms with E-state index in [0.29, 0.717) is 5.56 Å². The largest absolute Gasteiger partial charge is 0.258 e. The topological polar surface area (TPSA) is 82.9 Å². The Labute approximate surface area is 131 Å². The molecular weight excluding hydrogens is 354 g/mol. The third kappa shape index (κ3) is 4.11. The second-order valence-corrected chi connectivity index (χ2v) is 6.84. The van der Waals surface area contributed by atoms with Crippen LogP contribution in [0.15, 0.2) is 58.2 Å². The zero-order chi connectivity index (χ0) is 15.3. The highest BCUT2D eigenvalue weighted by Crippen LogP contribution is 2.22. The normalized spacial score (nSPS) is 12.6. The third-order valence-corrected chi connectivity index (χ3v) is 4.64. The molecule has 2 aromatic rings. The predicted octanol–water partition coefficient (Wildman–Crippen LogP) is 2.78. The molecular formula is C14H12BrN3O2S. The Bertz CT molecular complexity index is 757. The molecule has 1 N–H and O–H groups in total. The van der Waals surface area contributed by atoms with Crippen molar-refractivity contribution >= 4 is 26.0 Å². The smallest absolute Gasteiger partial charge is 0.243 e. The highest BCUT2D eigenvalue weighted by molar-refractivity contribution is 9.10. The Hall–Kier alpha value is -1.75. The second kappa shape index (κ2) is 6.80. The van der Waals surface area contributed by atoms with Crippen LogP contribution in [0.5, 0.6) is 0 Å². The third-order valence-electron chi connectivity index (χ3n) is 2.76. The lowest BCUT2D eigenvalue weighted by Crippen LogP contribution is -2.29. The first kappa shape index (κ1) is 15.6. The van der Waals surface area contributed by atoms with Gasteiger partial charge in [-0.15, -0.1) is 0 Å². The van der Waals surface area contributed by atoms with Crippen LogP contribution in [0, 0.1) is 11.3 Å². The highest BCUT2D eigenvalue weighted by atomic mass is 79.9. The molecule has 0 aliphatic heterocycles. The summed E-state index contributed by atoms with van der Waals surface area (Å²) >= 11 is 3.33. The minimum atomic E-state index is -3.77. The van der Waals surface area contributed by atoms with E-state index >= 15 is 0 Å². The van der Waals surface area contributed by atoms with E-state index < -0.39 is 16.1 Å². The molecule has 1 heterocycles. The molecule has 0 radical (unpaired) electrons. The van der Waals surface area contributed by atoms with Crippen LogP contribution in [0.3, 0.4) is 0 Å². The maximum atomic E-state index is 12.3. The lowest BCUT2D eigenvalue weighted by Gasteiger charge is -2.16. The van der Waals surface area contributed by atoms with Crippen molar-refractivity contribution in [1.29, 1.82) is 5.26 Å². The molecule has 0 aliphatic carbocycles. The molecule has 0 spiro atoms. The molecule has 2 rings (SSSR count). The summed E-state index contributed by atoms with van der Waals surface area (Å²) in [7, 11) is -3.77. The van der Waals surface area contributed by atoms with E-state index in [1.165, 1.54) is 12.3 Å². The van der Waals surface area contributed by atoms with Crippen molar-refractivity contribution in [2.75, 3.05) is 0 Å². The molecule has 0 aliphatic rings. The van der Waals surface area contributed by atoms with Crippen molar-refractivity contribution in [1.82, 2.24) is 9.71 Å². The SMILES string of the molecule is N#CC[C@@H](NS(=O)(=O)c1ccccn1)c1cccc(Br)c1. The molecule has 108 valence electrons. The minimum Gasteiger partial charge on any atom is -0.243 e. The molecule has 1 aromatic heterocycles. The monoisotopic (exact) mass is 365 g/mol. The van der Waals surface area contributed by atoms with Crippen molar-refractivity contribution in [3.63, 3.8) is 0 Å². The van der Waals surface area contributed by atoms with Crippen LogP contribution in [-0.2, 0) is 10.0 Å². The molecule has 21 heavy (non-hydrogen) atoms. The Morgan fingerprint density at radius 3 is 2.71 bits per heavy atom. The van der Waals surface area contributed by atoms with E-state index in [1.807, 2.05) is 12.1 Å². The number of halogens is 1. The van der Waals surface area contributed by atoms with Crippen LogP contribution in [-0.4, -0.2) is 13.4 Å². The zero-order valence-corrected chi connectivity index (χ0v) is 13.3. The average molecular weight is 366 g/mol. The van der Waals surface area contributed by atoms with Gasteiger partial charge in [-0.2, -0.15) is 5.26 Å². The summed E-state index contributed by atoms with van der Waals surface area (Å²) in [4.78, 5) is 3.83. The first-order valence-corrected chi connectivity index (χ1v) is 8.36. The standard InChI is InChI=1S/C14H12BrN3O2S/c15-12-5-3-4-11(10-12)13(7-8-16)18-21(19,20)14-6-1-2-9-17-14/h1-6,9-10,13,18H,7H2/t13-/m1/s1. The maximum absolute atomic E-state index is 12.3. The molecule has 0 saturated heterocycles. The van der Waals surface area contributed by atoms with Crippen molar-refractivity contribution < 1.29 is 8.42 Å². The van der Waals surface area contributed by atoms with Gasteiger partial charge in [0.1, 0.15) is 0 Å². The molecule has 7 heteroatoms. The van der Waals surface area contributed by atoms with Gasteiger partial charge in [0.2, 0.25) is 0 Å². The number of hydrogen-bond acceptors (Lipinski definition) is 4. The van der Waals surface area contributed by atoms with Crippen LogP contribution in [0.2, 0.25) is 0 Å². The Morgan fingerprint density at radius 1 is 1.29 bits per heavy atom. The quantitative estimate of drug-likeness (QED) is 0.882. The molecule has 1 aromatic carbocycles. The molecule has 0 bridgehead atoms. The van der Waals surface area contributed by atoms with E-state index in [-0.39, 0.29) is 11.4 Å². The fourth-order valence-electron chi connectivity index (χ4n) is 1.80. The Balaban J connectivity index is 2.31. The number of aromatic nitrogens is 1. The Kier molecular flexibility index (Phi) is 5.07. The van der Waals surface area contributed by atoms with Gasteiger partial charge in [0, 0.05) is 10.7 Å². The molecule has 0 amide bonds. The van der Waals surface area contributed by atoms with E-state index in [1.54, 1.807) is 30.3 Å². The van der Waals surface area contributed by atoms with Crippen molar-refractivity contribution in [3.05, 3.63) is 58.7 Å².